The van der Waals surface area contributed by atoms with Crippen LogP contribution in [0.5, 0.6) is 0 Å². The smallest absolute Gasteiger partial charge is 0.0931 e. The van der Waals surface area contributed by atoms with Gasteiger partial charge < -0.3 is 15.2 Å². The predicted octanol–water partition coefficient (Wildman–Crippen LogP) is 1.93. The molecule has 1 atom stereocenters. The number of methoxy groups -OCH3 is 1. The van der Waals surface area contributed by atoms with E-state index in [0.29, 0.717) is 19.6 Å². The zero-order valence-electron chi connectivity index (χ0n) is 9.62. The minimum atomic E-state index is -0.748. The van der Waals surface area contributed by atoms with E-state index in [1.54, 1.807) is 7.11 Å². The molecular formula is C11H18ClNO2S. The van der Waals surface area contributed by atoms with Gasteiger partial charge in [0.05, 0.1) is 16.5 Å². The van der Waals surface area contributed by atoms with E-state index < -0.39 is 5.60 Å². The third-order valence-electron chi connectivity index (χ3n) is 2.17. The molecule has 0 aliphatic rings. The van der Waals surface area contributed by atoms with Crippen LogP contribution in [0.4, 0.5) is 0 Å². The molecule has 0 radical (unpaired) electrons. The topological polar surface area (TPSA) is 41.5 Å². The number of rotatable bonds is 7. The number of ether oxygens (including phenoxy) is 1. The number of hydrogen-bond donors (Lipinski definition) is 2. The Hall–Kier alpha value is -0.130. The van der Waals surface area contributed by atoms with Crippen molar-refractivity contribution in [3.8, 4) is 0 Å². The van der Waals surface area contributed by atoms with Crippen molar-refractivity contribution in [2.75, 3.05) is 26.8 Å². The summed E-state index contributed by atoms with van der Waals surface area (Å²) in [6.45, 7) is 3.77. The highest BCUT2D eigenvalue weighted by molar-refractivity contribution is 7.16. The van der Waals surface area contributed by atoms with Gasteiger partial charge in [-0.15, -0.1) is 11.3 Å². The molecule has 1 rings (SSSR count). The second-order valence-electron chi connectivity index (χ2n) is 4.05. The summed E-state index contributed by atoms with van der Waals surface area (Å²) < 4.78 is 5.68. The van der Waals surface area contributed by atoms with Gasteiger partial charge in [-0.25, -0.2) is 0 Å². The molecule has 1 aromatic rings. The van der Waals surface area contributed by atoms with Gasteiger partial charge in [0.25, 0.3) is 0 Å². The molecule has 0 bridgehead atoms. The molecule has 0 amide bonds. The highest BCUT2D eigenvalue weighted by Crippen LogP contribution is 2.24. The Morgan fingerprint density at radius 3 is 2.88 bits per heavy atom. The molecule has 92 valence electrons. The first-order valence-electron chi connectivity index (χ1n) is 5.20. The number of thiophene rings is 1. The van der Waals surface area contributed by atoms with E-state index in [0.717, 1.165) is 15.8 Å². The number of aliphatic hydroxyl groups is 1. The van der Waals surface area contributed by atoms with Crippen molar-refractivity contribution in [2.45, 2.75) is 18.9 Å². The summed E-state index contributed by atoms with van der Waals surface area (Å²) in [7, 11) is 1.66. The van der Waals surface area contributed by atoms with Crippen LogP contribution in [0, 0.1) is 0 Å². The molecule has 3 nitrogen and oxygen atoms in total. The van der Waals surface area contributed by atoms with Crippen molar-refractivity contribution in [1.29, 1.82) is 0 Å². The van der Waals surface area contributed by atoms with Gasteiger partial charge in [-0.1, -0.05) is 11.6 Å². The molecule has 0 fully saturated rings. The zero-order chi connectivity index (χ0) is 12.0. The van der Waals surface area contributed by atoms with Crippen LogP contribution in [0.15, 0.2) is 12.1 Å². The van der Waals surface area contributed by atoms with E-state index in [1.807, 2.05) is 19.1 Å². The van der Waals surface area contributed by atoms with Gasteiger partial charge in [0, 0.05) is 31.5 Å². The quantitative estimate of drug-likeness (QED) is 0.739. The van der Waals surface area contributed by atoms with Crippen LogP contribution in [0.1, 0.15) is 11.8 Å². The molecule has 1 unspecified atom stereocenters. The van der Waals surface area contributed by atoms with Crippen LogP contribution in [0.2, 0.25) is 4.34 Å². The Morgan fingerprint density at radius 2 is 2.31 bits per heavy atom. The van der Waals surface area contributed by atoms with E-state index in [4.69, 9.17) is 16.3 Å². The van der Waals surface area contributed by atoms with Gasteiger partial charge in [-0.05, 0) is 19.1 Å². The Bertz CT molecular complexity index is 315. The molecule has 0 saturated carbocycles. The van der Waals surface area contributed by atoms with Crippen molar-refractivity contribution in [3.63, 3.8) is 0 Å². The lowest BCUT2D eigenvalue weighted by Crippen LogP contribution is -2.40. The van der Waals surface area contributed by atoms with Crippen LogP contribution < -0.4 is 5.32 Å². The number of halogens is 1. The maximum absolute atomic E-state index is 10.1. The summed E-state index contributed by atoms with van der Waals surface area (Å²) in [5.41, 5.74) is -0.748. The molecule has 0 aromatic carbocycles. The van der Waals surface area contributed by atoms with Gasteiger partial charge in [0.1, 0.15) is 0 Å². The lowest BCUT2D eigenvalue weighted by molar-refractivity contribution is 0.0589. The monoisotopic (exact) mass is 263 g/mol. The van der Waals surface area contributed by atoms with E-state index >= 15 is 0 Å². The molecule has 0 aliphatic heterocycles. The highest BCUT2D eigenvalue weighted by atomic mass is 35.5. The summed E-state index contributed by atoms with van der Waals surface area (Å²) in [5, 5.41) is 13.3. The van der Waals surface area contributed by atoms with Crippen molar-refractivity contribution < 1.29 is 9.84 Å². The largest absolute Gasteiger partial charge is 0.388 e. The average molecular weight is 264 g/mol. The lowest BCUT2D eigenvalue weighted by atomic mass is 10.0. The third-order valence-corrected chi connectivity index (χ3v) is 3.40. The van der Waals surface area contributed by atoms with E-state index in [9.17, 15) is 5.11 Å². The molecule has 5 heteroatoms. The molecule has 2 N–H and O–H groups in total. The van der Waals surface area contributed by atoms with Gasteiger partial charge >= 0.3 is 0 Å². The Labute approximate surface area is 105 Å². The summed E-state index contributed by atoms with van der Waals surface area (Å²) in [4.78, 5) is 1.10. The van der Waals surface area contributed by atoms with Gasteiger partial charge in [0.2, 0.25) is 0 Å². The Morgan fingerprint density at radius 1 is 1.56 bits per heavy atom. The molecule has 16 heavy (non-hydrogen) atoms. The van der Waals surface area contributed by atoms with Crippen molar-refractivity contribution in [2.24, 2.45) is 0 Å². The summed E-state index contributed by atoms with van der Waals surface area (Å²) in [6, 6.07) is 3.81. The number of hydrogen-bond acceptors (Lipinski definition) is 4. The zero-order valence-corrected chi connectivity index (χ0v) is 11.2. The van der Waals surface area contributed by atoms with Gasteiger partial charge in [-0.3, -0.25) is 0 Å². The minimum Gasteiger partial charge on any atom is -0.388 e. The van der Waals surface area contributed by atoms with Crippen molar-refractivity contribution in [3.05, 3.63) is 21.3 Å². The third kappa shape index (κ3) is 5.27. The minimum absolute atomic E-state index is 0.547. The molecule has 0 aliphatic carbocycles. The van der Waals surface area contributed by atoms with Crippen LogP contribution in [-0.2, 0) is 11.2 Å². The molecule has 0 saturated heterocycles. The summed E-state index contributed by atoms with van der Waals surface area (Å²) in [5.74, 6) is 0. The van der Waals surface area contributed by atoms with Gasteiger partial charge in [0.15, 0.2) is 0 Å². The van der Waals surface area contributed by atoms with Crippen molar-refractivity contribution in [1.82, 2.24) is 5.32 Å². The van der Waals surface area contributed by atoms with Crippen LogP contribution >= 0.6 is 22.9 Å². The molecular weight excluding hydrogens is 246 g/mol. The summed E-state index contributed by atoms with van der Waals surface area (Å²) >= 11 is 7.35. The molecule has 0 spiro atoms. The fraction of sp³-hybridized carbons (Fsp3) is 0.636. The van der Waals surface area contributed by atoms with Crippen LogP contribution in [0.25, 0.3) is 0 Å². The fourth-order valence-electron chi connectivity index (χ4n) is 1.42. The molecule has 1 aromatic heterocycles. The summed E-state index contributed by atoms with van der Waals surface area (Å²) in [6.07, 6.45) is 0.615. The Kier molecular flexibility index (Phi) is 5.72. The second kappa shape index (κ2) is 6.57. The van der Waals surface area contributed by atoms with Crippen LogP contribution in [-0.4, -0.2) is 37.5 Å². The van der Waals surface area contributed by atoms with E-state index in [-0.39, 0.29) is 0 Å². The maximum atomic E-state index is 10.1. The van der Waals surface area contributed by atoms with Crippen LogP contribution in [0.3, 0.4) is 0 Å². The lowest BCUT2D eigenvalue weighted by Gasteiger charge is -2.23. The molecule has 1 heterocycles. The Balaban J connectivity index is 2.33. The number of nitrogens with one attached hydrogen (secondary N) is 1. The first kappa shape index (κ1) is 13.9. The van der Waals surface area contributed by atoms with E-state index in [1.165, 1.54) is 11.3 Å². The maximum Gasteiger partial charge on any atom is 0.0931 e. The predicted molar refractivity (Wildman–Crippen MR) is 68.4 cm³/mol. The highest BCUT2D eigenvalue weighted by Gasteiger charge is 2.21. The average Bonchev–Trinajstić information content (AvgIpc) is 2.58. The SMILES string of the molecule is COCCNCC(C)(O)Cc1ccc(Cl)s1. The van der Waals surface area contributed by atoms with Gasteiger partial charge in [-0.2, -0.15) is 0 Å². The fourth-order valence-corrected chi connectivity index (χ4v) is 2.68. The first-order valence-corrected chi connectivity index (χ1v) is 6.39. The van der Waals surface area contributed by atoms with E-state index in [2.05, 4.69) is 5.32 Å². The second-order valence-corrected chi connectivity index (χ2v) is 5.85. The standard InChI is InChI=1S/C11H18ClNO2S/c1-11(14,8-13-5-6-15-2)7-9-3-4-10(12)16-9/h3-4,13-14H,5-8H2,1-2H3. The normalized spacial score (nSPS) is 15.0. The first-order chi connectivity index (χ1) is 7.53. The van der Waals surface area contributed by atoms with Crippen molar-refractivity contribution >= 4 is 22.9 Å².